The summed E-state index contributed by atoms with van der Waals surface area (Å²) in [6, 6.07) is 9.14. The molecule has 34 heteroatoms. The van der Waals surface area contributed by atoms with Gasteiger partial charge in [0.15, 0.2) is 45.8 Å². The highest BCUT2D eigenvalue weighted by Crippen LogP contribution is 2.37. The summed E-state index contributed by atoms with van der Waals surface area (Å²) in [7, 11) is -35.5. The van der Waals surface area contributed by atoms with E-state index in [1.54, 1.807) is 0 Å². The average Bonchev–Trinajstić information content (AvgIpc) is 4.13. The Balaban J connectivity index is 1.05. The minimum absolute atomic E-state index is 0.0233. The lowest BCUT2D eigenvalue weighted by atomic mass is 10.5. The fraction of sp³-hybridized carbons (Fsp3) is 1.00. The maximum Gasteiger partial charge on any atom is 0.317 e. The van der Waals surface area contributed by atoms with Crippen LogP contribution in [0.1, 0.15) is 12.8 Å². The summed E-state index contributed by atoms with van der Waals surface area (Å²) in [6.07, 6.45) is 1.73. The van der Waals surface area contributed by atoms with Crippen molar-refractivity contribution in [3.8, 4) is 0 Å². The van der Waals surface area contributed by atoms with Crippen LogP contribution in [-0.2, 0) is 76.6 Å². The maximum atomic E-state index is 7.24. The molecular weight excluding hydrogens is 1190 g/mol. The molecule has 5 aliphatic heterocycles. The van der Waals surface area contributed by atoms with E-state index in [2.05, 4.69) is 131 Å². The van der Waals surface area contributed by atoms with Crippen molar-refractivity contribution in [2.75, 3.05) is 26.4 Å². The Bertz CT molecular complexity index is 1540. The molecule has 0 aromatic carbocycles. The van der Waals surface area contributed by atoms with Crippen molar-refractivity contribution in [1.82, 2.24) is 0 Å². The molecule has 0 radical (unpaired) electrons. The normalized spacial score (nSPS) is 39.8. The third kappa shape index (κ3) is 24.1. The minimum Gasteiger partial charge on any atom is -0.456 e. The summed E-state index contributed by atoms with van der Waals surface area (Å²) in [5, 5.41) is 0. The second kappa shape index (κ2) is 26.8. The summed E-state index contributed by atoms with van der Waals surface area (Å²) in [5.41, 5.74) is 0. The van der Waals surface area contributed by atoms with Crippen LogP contribution >= 0.6 is 0 Å². The van der Waals surface area contributed by atoms with Gasteiger partial charge in [-0.3, -0.25) is 0 Å². The Morgan fingerprint density at radius 1 is 0.347 bits per heavy atom. The van der Waals surface area contributed by atoms with Gasteiger partial charge in [0, 0.05) is 13.2 Å². The zero-order chi connectivity index (χ0) is 53.7. The van der Waals surface area contributed by atoms with Gasteiger partial charge in [0.2, 0.25) is 0 Å². The van der Waals surface area contributed by atoms with Gasteiger partial charge in [-0.25, -0.2) is 0 Å². The molecule has 0 N–H and O–H groups in total. The van der Waals surface area contributed by atoms with Crippen LogP contribution in [0.25, 0.3) is 0 Å². The molecule has 424 valence electrons. The predicted molar refractivity (Wildman–Crippen MR) is 322 cm³/mol. The summed E-state index contributed by atoms with van der Waals surface area (Å²) < 4.78 is 118. The number of ether oxygens (including phenoxy) is 4. The highest BCUT2D eigenvalue weighted by atomic mass is 28.5. The van der Waals surface area contributed by atoms with Crippen LogP contribution in [0.2, 0.25) is 191 Å². The Morgan fingerprint density at radius 2 is 0.528 bits per heavy atom. The Kier molecular flexibility index (Phi) is 24.4. The zero-order valence-corrected chi connectivity index (χ0v) is 65.2. The molecule has 18 nitrogen and oxygen atoms in total. The van der Waals surface area contributed by atoms with Crippen LogP contribution in [0.5, 0.6) is 0 Å². The maximum absolute atomic E-state index is 7.24. The van der Waals surface area contributed by atoms with Gasteiger partial charge in [0.25, 0.3) is 0 Å². The van der Waals surface area contributed by atoms with Gasteiger partial charge in [-0.2, -0.15) is 0 Å². The van der Waals surface area contributed by atoms with Gasteiger partial charge >= 0.3 is 107 Å². The molecule has 0 saturated carbocycles. The third-order valence-corrected chi connectivity index (χ3v) is 77.3. The van der Waals surface area contributed by atoms with Crippen molar-refractivity contribution >= 4 is 140 Å². The predicted octanol–water partition coefficient (Wildman–Crippen LogP) is 8.14. The summed E-state index contributed by atoms with van der Waals surface area (Å²) in [5.74, 6) is 0. The van der Waals surface area contributed by atoms with Crippen molar-refractivity contribution in [3.05, 3.63) is 0 Å². The molecular formula is C38H100O18Si16. The molecule has 5 saturated heterocycles. The average molecular weight is 1290 g/mol. The van der Waals surface area contributed by atoms with E-state index in [0.29, 0.717) is 26.4 Å². The molecule has 0 spiro atoms. The molecule has 0 aromatic rings. The first-order valence-electron chi connectivity index (χ1n) is 27.0. The highest BCUT2D eigenvalue weighted by molar-refractivity contribution is 6.91. The lowest BCUT2D eigenvalue weighted by molar-refractivity contribution is 0.0497. The Morgan fingerprint density at radius 3 is 0.708 bits per heavy atom. The molecule has 5 aliphatic rings. The van der Waals surface area contributed by atoms with E-state index in [-0.39, 0.29) is 12.6 Å². The number of rotatable bonds is 26. The van der Waals surface area contributed by atoms with Crippen LogP contribution in [0.15, 0.2) is 0 Å². The van der Waals surface area contributed by atoms with Crippen molar-refractivity contribution in [2.45, 2.75) is 217 Å². The van der Waals surface area contributed by atoms with Gasteiger partial charge in [0.05, 0.1) is 0 Å². The fourth-order valence-electron chi connectivity index (χ4n) is 10.5. The lowest BCUT2D eigenvalue weighted by Gasteiger charge is -2.44. The second-order valence-corrected chi connectivity index (χ2v) is 76.8. The van der Waals surface area contributed by atoms with Crippen LogP contribution in [-0.4, -0.2) is 179 Å². The fourth-order valence-corrected chi connectivity index (χ4v) is 90.0. The molecule has 6 unspecified atom stereocenters. The molecule has 5 heterocycles. The highest BCUT2D eigenvalue weighted by Gasteiger charge is 2.51. The molecule has 0 aliphatic carbocycles. The SMILES string of the molecule is C[SiH]1O[Si](C)(CCCOC2CO2)O[SiH](C)O[Si](C)(CC[Si](C)(C)O[Si](C)(C)CC[Si]2(C)O[SiH](C)O[Si](C)(CC[Si](C)(C)O[Si](C)(C)CC[Si]3(C)O[SiH](C)O[Si](C)(CCCOC4CO4)O[SiH](C)O3)O[SiH](C)O2)O1. The Labute approximate surface area is 456 Å². The quantitative estimate of drug-likeness (QED) is 0.0461. The third-order valence-electron chi connectivity index (χ3n) is 13.6. The molecule has 5 rings (SSSR count). The molecule has 6 atom stereocenters. The Hall–Kier alpha value is 2.75. The van der Waals surface area contributed by atoms with Gasteiger partial charge in [-0.05, 0) is 204 Å². The first kappa shape index (κ1) is 65.6. The molecule has 72 heavy (non-hydrogen) atoms. The number of epoxide rings is 2. The first-order chi connectivity index (χ1) is 33.0. The first-order valence-corrected chi connectivity index (χ1v) is 67.2. The van der Waals surface area contributed by atoms with Crippen LogP contribution in [0.4, 0.5) is 0 Å². The van der Waals surface area contributed by atoms with Crippen molar-refractivity contribution in [2.24, 2.45) is 0 Å². The van der Waals surface area contributed by atoms with Crippen molar-refractivity contribution in [3.63, 3.8) is 0 Å². The molecule has 0 bridgehead atoms. The van der Waals surface area contributed by atoms with Gasteiger partial charge in [-0.1, -0.05) is 0 Å². The monoisotopic (exact) mass is 1290 g/mol. The summed E-state index contributed by atoms with van der Waals surface area (Å²) in [6.45, 7) is 47.6. The largest absolute Gasteiger partial charge is 0.456 e. The molecule has 0 amide bonds. The smallest absolute Gasteiger partial charge is 0.317 e. The van der Waals surface area contributed by atoms with Gasteiger partial charge < -0.3 is 76.6 Å². The van der Waals surface area contributed by atoms with E-state index in [4.69, 9.17) is 76.6 Å². The molecule has 5 fully saturated rings. The summed E-state index contributed by atoms with van der Waals surface area (Å²) in [4.78, 5) is 0. The topological polar surface area (TPSA) is 173 Å². The van der Waals surface area contributed by atoms with E-state index in [0.717, 1.165) is 73.3 Å². The van der Waals surface area contributed by atoms with Crippen molar-refractivity contribution in [1.29, 1.82) is 0 Å². The van der Waals surface area contributed by atoms with Crippen LogP contribution < -0.4 is 0 Å². The van der Waals surface area contributed by atoms with Crippen LogP contribution in [0.3, 0.4) is 0 Å². The standard InChI is InChI=1S/C38H100O18Si16/c1-57-43-67(15,25-21-23-39-37-35-41-37)44-58(2)48-69(17,47-57)31-27-63(7,8)55-65(11,12)29-33-71(19)51-61(5)53-72(20,54-62(6)52-71)34-30-66(13,14)56-64(9,10)28-32-70(18)49-59(3)45-68(16,46-60(4)50-70)26-22-24-40-38-36-42-38/h37-38,57-62H,21-36H2,1-20H3. The van der Waals surface area contributed by atoms with Gasteiger partial charge in [0.1, 0.15) is 13.2 Å². The minimum atomic E-state index is -2.59. The van der Waals surface area contributed by atoms with Crippen molar-refractivity contribution < 1.29 is 76.6 Å². The van der Waals surface area contributed by atoms with E-state index >= 15 is 0 Å². The lowest BCUT2D eigenvalue weighted by Crippen LogP contribution is -2.59. The number of hydrogen-bond donors (Lipinski definition) is 0. The van der Waals surface area contributed by atoms with Gasteiger partial charge in [-0.15, -0.1) is 0 Å². The van der Waals surface area contributed by atoms with Crippen LogP contribution in [0, 0.1) is 0 Å². The van der Waals surface area contributed by atoms with E-state index in [9.17, 15) is 0 Å². The van der Waals surface area contributed by atoms with E-state index in [1.807, 2.05) is 0 Å². The summed E-state index contributed by atoms with van der Waals surface area (Å²) >= 11 is 0. The zero-order valence-electron chi connectivity index (χ0n) is 48.3. The molecule has 0 aromatic heterocycles. The van der Waals surface area contributed by atoms with E-state index in [1.165, 1.54) is 0 Å². The number of hydrogen-bond acceptors (Lipinski definition) is 18. The second-order valence-electron chi connectivity index (χ2n) is 24.3. The van der Waals surface area contributed by atoms with E-state index < -0.39 is 140 Å².